The van der Waals surface area contributed by atoms with E-state index in [1.165, 1.54) is 6.07 Å². The number of hydrogen-bond acceptors (Lipinski definition) is 5. The van der Waals surface area contributed by atoms with E-state index in [9.17, 15) is 9.59 Å². The van der Waals surface area contributed by atoms with E-state index in [1.807, 2.05) is 0 Å². The van der Waals surface area contributed by atoms with Gasteiger partial charge in [-0.3, -0.25) is 4.79 Å². The first-order valence-electron chi connectivity index (χ1n) is 5.51. The van der Waals surface area contributed by atoms with Gasteiger partial charge in [-0.05, 0) is 18.2 Å². The molecule has 0 bridgehead atoms. The Balaban J connectivity index is 2.10. The first kappa shape index (κ1) is 12.2. The Hall–Kier alpha value is -2.30. The minimum atomic E-state index is -0.419. The van der Waals surface area contributed by atoms with Crippen molar-refractivity contribution in [3.63, 3.8) is 0 Å². The lowest BCUT2D eigenvalue weighted by molar-refractivity contribution is -0.149. The minimum absolute atomic E-state index is 0.157. The van der Waals surface area contributed by atoms with Crippen molar-refractivity contribution in [2.45, 2.75) is 13.3 Å². The Morgan fingerprint density at radius 1 is 1.28 bits per heavy atom. The first-order valence-corrected chi connectivity index (χ1v) is 5.51. The zero-order valence-corrected chi connectivity index (χ0v) is 9.84. The first-order chi connectivity index (χ1) is 8.69. The minimum Gasteiger partial charge on any atom is -0.457 e. The maximum atomic E-state index is 11.1. The summed E-state index contributed by atoms with van der Waals surface area (Å²) in [5.41, 5.74) is 0.0129. The van der Waals surface area contributed by atoms with E-state index in [2.05, 4.69) is 0 Å². The summed E-state index contributed by atoms with van der Waals surface area (Å²) in [4.78, 5) is 22.0. The largest absolute Gasteiger partial charge is 0.457 e. The van der Waals surface area contributed by atoms with E-state index in [1.54, 1.807) is 31.2 Å². The Morgan fingerprint density at radius 3 is 2.83 bits per heavy atom. The van der Waals surface area contributed by atoms with E-state index in [4.69, 9.17) is 13.9 Å². The third-order valence-corrected chi connectivity index (χ3v) is 2.33. The van der Waals surface area contributed by atoms with Gasteiger partial charge in [0, 0.05) is 23.9 Å². The van der Waals surface area contributed by atoms with Crippen LogP contribution in [0.1, 0.15) is 13.3 Å². The molecule has 5 nitrogen and oxygen atoms in total. The second kappa shape index (κ2) is 5.35. The van der Waals surface area contributed by atoms with Crippen molar-refractivity contribution in [1.82, 2.24) is 0 Å². The molecule has 0 saturated heterocycles. The van der Waals surface area contributed by atoms with Gasteiger partial charge in [0.05, 0.1) is 0 Å². The predicted molar refractivity (Wildman–Crippen MR) is 64.4 cm³/mol. The smallest absolute Gasteiger partial charge is 0.336 e. The number of rotatable bonds is 4. The zero-order valence-electron chi connectivity index (χ0n) is 9.84. The molecule has 0 N–H and O–H groups in total. The monoisotopic (exact) mass is 248 g/mol. The van der Waals surface area contributed by atoms with Gasteiger partial charge in [-0.2, -0.15) is 0 Å². The van der Waals surface area contributed by atoms with Gasteiger partial charge in [-0.15, -0.1) is 0 Å². The van der Waals surface area contributed by atoms with Gasteiger partial charge < -0.3 is 13.9 Å². The molecule has 0 radical (unpaired) electrons. The molecule has 2 rings (SSSR count). The van der Waals surface area contributed by atoms with Gasteiger partial charge in [0.2, 0.25) is 6.79 Å². The Labute approximate surface area is 103 Å². The van der Waals surface area contributed by atoms with Gasteiger partial charge in [0.1, 0.15) is 11.3 Å². The van der Waals surface area contributed by atoms with E-state index in [-0.39, 0.29) is 12.8 Å². The van der Waals surface area contributed by atoms with E-state index >= 15 is 0 Å². The number of carbonyl (C=O) groups is 1. The fraction of sp³-hybridized carbons (Fsp3) is 0.231. The molecule has 1 heterocycles. The van der Waals surface area contributed by atoms with Crippen LogP contribution in [-0.2, 0) is 9.53 Å². The van der Waals surface area contributed by atoms with E-state index < -0.39 is 5.63 Å². The Kier molecular flexibility index (Phi) is 3.62. The number of fused-ring (bicyclic) bond motifs is 1. The highest BCUT2D eigenvalue weighted by molar-refractivity contribution is 5.77. The topological polar surface area (TPSA) is 65.7 Å². The van der Waals surface area contributed by atoms with E-state index in [0.717, 1.165) is 5.39 Å². The van der Waals surface area contributed by atoms with Crippen LogP contribution < -0.4 is 10.4 Å². The molecule has 0 spiro atoms. The van der Waals surface area contributed by atoms with E-state index in [0.29, 0.717) is 17.8 Å². The van der Waals surface area contributed by atoms with Gasteiger partial charge in [-0.25, -0.2) is 4.79 Å². The van der Waals surface area contributed by atoms with Gasteiger partial charge in [0.15, 0.2) is 0 Å². The highest BCUT2D eigenvalue weighted by Gasteiger charge is 2.02. The predicted octanol–water partition coefficient (Wildman–Crippen LogP) is 2.08. The summed E-state index contributed by atoms with van der Waals surface area (Å²) in [6.07, 6.45) is 0.302. The van der Waals surface area contributed by atoms with Crippen molar-refractivity contribution in [1.29, 1.82) is 0 Å². The van der Waals surface area contributed by atoms with Crippen molar-refractivity contribution in [3.8, 4) is 5.75 Å². The standard InChI is InChI=1S/C13H12O5/c1-2-12(14)17-8-16-10-5-3-9-4-6-13(15)18-11(9)7-10/h3-7H,2,8H2,1H3. The summed E-state index contributed by atoms with van der Waals surface area (Å²) < 4.78 is 15.0. The molecule has 0 amide bonds. The molecule has 1 aromatic heterocycles. The fourth-order valence-electron chi connectivity index (χ4n) is 1.40. The normalized spacial score (nSPS) is 10.3. The molecule has 0 aliphatic carbocycles. The molecule has 0 saturated carbocycles. The summed E-state index contributed by atoms with van der Waals surface area (Å²) in [6.45, 7) is 1.54. The number of esters is 1. The summed E-state index contributed by atoms with van der Waals surface area (Å²) in [6, 6.07) is 8.07. The summed E-state index contributed by atoms with van der Waals surface area (Å²) in [7, 11) is 0. The average molecular weight is 248 g/mol. The molecule has 0 fully saturated rings. The van der Waals surface area contributed by atoms with Gasteiger partial charge >= 0.3 is 11.6 Å². The highest BCUT2D eigenvalue weighted by atomic mass is 16.7. The molecular weight excluding hydrogens is 236 g/mol. The molecule has 18 heavy (non-hydrogen) atoms. The third kappa shape index (κ3) is 2.88. The van der Waals surface area contributed by atoms with Crippen LogP contribution in [0.15, 0.2) is 39.5 Å². The van der Waals surface area contributed by atoms with Crippen LogP contribution >= 0.6 is 0 Å². The van der Waals surface area contributed by atoms with Crippen LogP contribution in [0.4, 0.5) is 0 Å². The lowest BCUT2D eigenvalue weighted by atomic mass is 10.2. The van der Waals surface area contributed by atoms with Crippen molar-refractivity contribution in [2.24, 2.45) is 0 Å². The quantitative estimate of drug-likeness (QED) is 0.471. The molecule has 94 valence electrons. The van der Waals surface area contributed by atoms with Crippen LogP contribution in [0.25, 0.3) is 11.0 Å². The highest BCUT2D eigenvalue weighted by Crippen LogP contribution is 2.19. The lowest BCUT2D eigenvalue weighted by Crippen LogP contribution is -2.08. The summed E-state index contributed by atoms with van der Waals surface area (Å²) >= 11 is 0. The SMILES string of the molecule is CCC(=O)OCOc1ccc2ccc(=O)oc2c1. The average Bonchev–Trinajstić information content (AvgIpc) is 2.38. The van der Waals surface area contributed by atoms with Gasteiger partial charge in [0.25, 0.3) is 0 Å². The Bertz CT molecular complexity index is 614. The zero-order chi connectivity index (χ0) is 13.0. The van der Waals surface area contributed by atoms with Crippen LogP contribution in [0, 0.1) is 0 Å². The van der Waals surface area contributed by atoms with Crippen molar-refractivity contribution >= 4 is 16.9 Å². The molecule has 0 unspecified atom stereocenters. The van der Waals surface area contributed by atoms with Crippen molar-refractivity contribution < 1.29 is 18.7 Å². The maximum Gasteiger partial charge on any atom is 0.336 e. The number of hydrogen-bond donors (Lipinski definition) is 0. The van der Waals surface area contributed by atoms with Crippen LogP contribution in [0.3, 0.4) is 0 Å². The van der Waals surface area contributed by atoms with Crippen LogP contribution in [0.5, 0.6) is 5.75 Å². The molecule has 0 atom stereocenters. The lowest BCUT2D eigenvalue weighted by Gasteiger charge is -2.06. The number of benzene rings is 1. The molecule has 2 aromatic rings. The molecular formula is C13H12O5. The second-order valence-electron chi connectivity index (χ2n) is 3.59. The van der Waals surface area contributed by atoms with Crippen molar-refractivity contribution in [2.75, 3.05) is 6.79 Å². The molecule has 0 aliphatic heterocycles. The molecule has 1 aromatic carbocycles. The van der Waals surface area contributed by atoms with Gasteiger partial charge in [-0.1, -0.05) is 6.92 Å². The third-order valence-electron chi connectivity index (χ3n) is 2.33. The van der Waals surface area contributed by atoms with Crippen LogP contribution in [0.2, 0.25) is 0 Å². The van der Waals surface area contributed by atoms with Crippen LogP contribution in [-0.4, -0.2) is 12.8 Å². The maximum absolute atomic E-state index is 11.1. The molecule has 5 heteroatoms. The Morgan fingerprint density at radius 2 is 2.06 bits per heavy atom. The number of ether oxygens (including phenoxy) is 2. The fourth-order valence-corrected chi connectivity index (χ4v) is 1.40. The molecule has 0 aliphatic rings. The second-order valence-corrected chi connectivity index (χ2v) is 3.59. The number of carbonyl (C=O) groups excluding carboxylic acids is 1. The summed E-state index contributed by atoms with van der Waals surface area (Å²) in [5.74, 6) is 0.142. The van der Waals surface area contributed by atoms with Crippen molar-refractivity contribution in [3.05, 3.63) is 40.8 Å². The summed E-state index contributed by atoms with van der Waals surface area (Å²) in [5, 5.41) is 0.799.